The van der Waals surface area contributed by atoms with Crippen molar-refractivity contribution in [3.63, 3.8) is 0 Å². The van der Waals surface area contributed by atoms with E-state index in [2.05, 4.69) is 10.3 Å². The number of amides is 1. The molecule has 0 fully saturated rings. The summed E-state index contributed by atoms with van der Waals surface area (Å²) in [6.45, 7) is 4.05. The van der Waals surface area contributed by atoms with Crippen molar-refractivity contribution in [1.82, 2.24) is 4.98 Å². The molecule has 2 rings (SSSR count). The first-order valence-electron chi connectivity index (χ1n) is 7.21. The Labute approximate surface area is 130 Å². The van der Waals surface area contributed by atoms with Crippen LogP contribution in [0.1, 0.15) is 18.2 Å². The predicted octanol–water partition coefficient (Wildman–Crippen LogP) is 2.26. The maximum Gasteiger partial charge on any atom is 0.244 e. The van der Waals surface area contributed by atoms with E-state index < -0.39 is 12.1 Å². The molecule has 1 aromatic heterocycles. The number of nitrogens with two attached hydrogens (primary N) is 1. The molecule has 2 atom stereocenters. The molecule has 0 saturated heterocycles. The Morgan fingerprint density at radius 3 is 2.68 bits per heavy atom. The molecule has 2 aromatic rings. The summed E-state index contributed by atoms with van der Waals surface area (Å²) in [6.07, 6.45) is 1.29. The number of hydrogen-bond acceptors (Lipinski definition) is 4. The highest BCUT2D eigenvalue weighted by molar-refractivity contribution is 5.95. The zero-order valence-corrected chi connectivity index (χ0v) is 12.8. The molecule has 0 bridgehead atoms. The van der Waals surface area contributed by atoms with Gasteiger partial charge in [0.25, 0.3) is 0 Å². The maximum atomic E-state index is 12.2. The molecule has 116 valence electrons. The van der Waals surface area contributed by atoms with E-state index in [0.717, 1.165) is 11.3 Å². The molecule has 5 heteroatoms. The van der Waals surface area contributed by atoms with Crippen LogP contribution in [0.4, 0.5) is 5.69 Å². The molecule has 3 N–H and O–H groups in total. The number of ether oxygens (including phenoxy) is 1. The SMILES string of the molecule is Cc1ncccc1NC(=O)[C@H](N)[C@H](C)OCc1ccccc1. The lowest BCUT2D eigenvalue weighted by Gasteiger charge is -2.20. The van der Waals surface area contributed by atoms with E-state index in [1.807, 2.05) is 37.3 Å². The number of benzene rings is 1. The smallest absolute Gasteiger partial charge is 0.244 e. The van der Waals surface area contributed by atoms with Crippen molar-refractivity contribution in [3.8, 4) is 0 Å². The Morgan fingerprint density at radius 2 is 2.00 bits per heavy atom. The molecule has 0 radical (unpaired) electrons. The van der Waals surface area contributed by atoms with E-state index in [0.29, 0.717) is 12.3 Å². The third kappa shape index (κ3) is 4.38. The maximum absolute atomic E-state index is 12.2. The highest BCUT2D eigenvalue weighted by Gasteiger charge is 2.22. The summed E-state index contributed by atoms with van der Waals surface area (Å²) in [7, 11) is 0. The Kier molecular flexibility index (Phi) is 5.63. The molecule has 1 amide bonds. The van der Waals surface area contributed by atoms with E-state index >= 15 is 0 Å². The van der Waals surface area contributed by atoms with Gasteiger partial charge >= 0.3 is 0 Å². The number of nitrogens with one attached hydrogen (secondary N) is 1. The topological polar surface area (TPSA) is 77.2 Å². The van der Waals surface area contributed by atoms with Crippen LogP contribution in [0.2, 0.25) is 0 Å². The number of rotatable bonds is 6. The van der Waals surface area contributed by atoms with Crippen molar-refractivity contribution in [2.45, 2.75) is 32.6 Å². The van der Waals surface area contributed by atoms with Gasteiger partial charge in [0.1, 0.15) is 6.04 Å². The van der Waals surface area contributed by atoms with Gasteiger partial charge in [0.2, 0.25) is 5.91 Å². The number of carbonyl (C=O) groups excluding carboxylic acids is 1. The van der Waals surface area contributed by atoms with Crippen molar-refractivity contribution in [2.75, 3.05) is 5.32 Å². The number of nitrogens with zero attached hydrogens (tertiary/aromatic N) is 1. The van der Waals surface area contributed by atoms with Crippen LogP contribution < -0.4 is 11.1 Å². The Bertz CT molecular complexity index is 616. The first kappa shape index (κ1) is 16.1. The first-order chi connectivity index (χ1) is 10.6. The van der Waals surface area contributed by atoms with Gasteiger partial charge in [-0.15, -0.1) is 0 Å². The summed E-state index contributed by atoms with van der Waals surface area (Å²) < 4.78 is 5.68. The number of pyridine rings is 1. The second-order valence-electron chi connectivity index (χ2n) is 5.15. The molecule has 0 aliphatic rings. The van der Waals surface area contributed by atoms with Crippen LogP contribution >= 0.6 is 0 Å². The van der Waals surface area contributed by atoms with E-state index in [1.54, 1.807) is 25.3 Å². The Morgan fingerprint density at radius 1 is 1.27 bits per heavy atom. The number of carbonyl (C=O) groups is 1. The second-order valence-corrected chi connectivity index (χ2v) is 5.15. The van der Waals surface area contributed by atoms with Crippen molar-refractivity contribution < 1.29 is 9.53 Å². The molecule has 1 aromatic carbocycles. The zero-order valence-electron chi connectivity index (χ0n) is 12.8. The molecule has 0 saturated carbocycles. The van der Waals surface area contributed by atoms with Gasteiger partial charge in [0.05, 0.1) is 24.1 Å². The fourth-order valence-corrected chi connectivity index (χ4v) is 1.95. The normalized spacial score (nSPS) is 13.4. The van der Waals surface area contributed by atoms with E-state index in [-0.39, 0.29) is 5.91 Å². The van der Waals surface area contributed by atoms with Crippen LogP contribution in [0.5, 0.6) is 0 Å². The van der Waals surface area contributed by atoms with Crippen molar-refractivity contribution >= 4 is 11.6 Å². The van der Waals surface area contributed by atoms with Gasteiger partial charge in [-0.1, -0.05) is 30.3 Å². The fraction of sp³-hybridized carbons (Fsp3) is 0.294. The van der Waals surface area contributed by atoms with Gasteiger partial charge in [-0.25, -0.2) is 0 Å². The van der Waals surface area contributed by atoms with Crippen LogP contribution in [0.25, 0.3) is 0 Å². The largest absolute Gasteiger partial charge is 0.372 e. The lowest BCUT2D eigenvalue weighted by atomic mass is 10.1. The van der Waals surface area contributed by atoms with Crippen LogP contribution in [0, 0.1) is 6.92 Å². The molecule has 0 unspecified atom stereocenters. The molecular formula is C17H21N3O2. The minimum atomic E-state index is -0.747. The molecular weight excluding hydrogens is 278 g/mol. The van der Waals surface area contributed by atoms with Gasteiger partial charge in [-0.3, -0.25) is 9.78 Å². The quantitative estimate of drug-likeness (QED) is 0.857. The second kappa shape index (κ2) is 7.68. The van der Waals surface area contributed by atoms with Gasteiger partial charge < -0.3 is 15.8 Å². The lowest BCUT2D eigenvalue weighted by molar-refractivity contribution is -0.120. The number of aryl methyl sites for hydroxylation is 1. The van der Waals surface area contributed by atoms with E-state index in [4.69, 9.17) is 10.5 Å². The predicted molar refractivity (Wildman–Crippen MR) is 86.3 cm³/mol. The molecule has 0 aliphatic carbocycles. The highest BCUT2D eigenvalue weighted by Crippen LogP contribution is 2.12. The summed E-state index contributed by atoms with van der Waals surface area (Å²) in [5.74, 6) is -0.281. The van der Waals surface area contributed by atoms with Gasteiger partial charge in [-0.2, -0.15) is 0 Å². The summed E-state index contributed by atoms with van der Waals surface area (Å²) in [6, 6.07) is 12.6. The van der Waals surface area contributed by atoms with Crippen LogP contribution in [0.15, 0.2) is 48.7 Å². The monoisotopic (exact) mass is 299 g/mol. The van der Waals surface area contributed by atoms with Crippen molar-refractivity contribution in [1.29, 1.82) is 0 Å². The average molecular weight is 299 g/mol. The fourth-order valence-electron chi connectivity index (χ4n) is 1.95. The van der Waals surface area contributed by atoms with Gasteiger partial charge in [0.15, 0.2) is 0 Å². The summed E-state index contributed by atoms with van der Waals surface area (Å²) in [5, 5.41) is 2.78. The first-order valence-corrected chi connectivity index (χ1v) is 7.21. The number of anilines is 1. The minimum absolute atomic E-state index is 0.281. The number of hydrogen-bond donors (Lipinski definition) is 2. The molecule has 5 nitrogen and oxygen atoms in total. The standard InChI is InChI=1S/C17H21N3O2/c1-12-15(9-6-10-19-12)20-17(21)16(18)13(2)22-11-14-7-4-3-5-8-14/h3-10,13,16H,11,18H2,1-2H3,(H,20,21)/t13-,16+/m0/s1. The molecule has 0 aliphatic heterocycles. The average Bonchev–Trinajstić information content (AvgIpc) is 2.55. The minimum Gasteiger partial charge on any atom is -0.372 e. The number of aromatic nitrogens is 1. The van der Waals surface area contributed by atoms with Gasteiger partial charge in [-0.05, 0) is 31.5 Å². The van der Waals surface area contributed by atoms with Crippen LogP contribution in [-0.2, 0) is 16.1 Å². The van der Waals surface area contributed by atoms with E-state index in [9.17, 15) is 4.79 Å². The summed E-state index contributed by atoms with van der Waals surface area (Å²) in [5.41, 5.74) is 8.43. The Hall–Kier alpha value is -2.24. The van der Waals surface area contributed by atoms with Gasteiger partial charge in [0, 0.05) is 6.20 Å². The Balaban J connectivity index is 1.88. The third-order valence-electron chi connectivity index (χ3n) is 3.43. The van der Waals surface area contributed by atoms with Crippen molar-refractivity contribution in [3.05, 3.63) is 59.9 Å². The highest BCUT2D eigenvalue weighted by atomic mass is 16.5. The van der Waals surface area contributed by atoms with Crippen LogP contribution in [0.3, 0.4) is 0 Å². The zero-order chi connectivity index (χ0) is 15.9. The molecule has 22 heavy (non-hydrogen) atoms. The molecule has 1 heterocycles. The summed E-state index contributed by atoms with van der Waals surface area (Å²) >= 11 is 0. The third-order valence-corrected chi connectivity index (χ3v) is 3.43. The van der Waals surface area contributed by atoms with Crippen LogP contribution in [-0.4, -0.2) is 23.0 Å². The van der Waals surface area contributed by atoms with E-state index in [1.165, 1.54) is 0 Å². The summed E-state index contributed by atoms with van der Waals surface area (Å²) in [4.78, 5) is 16.3. The van der Waals surface area contributed by atoms with Crippen molar-refractivity contribution in [2.24, 2.45) is 5.73 Å². The molecule has 0 spiro atoms. The lowest BCUT2D eigenvalue weighted by Crippen LogP contribution is -2.45.